The third kappa shape index (κ3) is 2.13. The highest BCUT2D eigenvalue weighted by Crippen LogP contribution is 2.42. The van der Waals surface area contributed by atoms with E-state index in [1.165, 1.54) is 31.4 Å². The second-order valence-electron chi connectivity index (χ2n) is 4.25. The molecular formula is C11H13ClN2S. The zero-order valence-corrected chi connectivity index (χ0v) is 10.0. The average Bonchev–Trinajstić information content (AvgIpc) is 2.93. The lowest BCUT2D eigenvalue weighted by Gasteiger charge is -2.08. The molecule has 15 heavy (non-hydrogen) atoms. The van der Waals surface area contributed by atoms with Gasteiger partial charge in [-0.15, -0.1) is 0 Å². The van der Waals surface area contributed by atoms with Crippen molar-refractivity contribution in [1.82, 2.24) is 9.97 Å². The third-order valence-electron chi connectivity index (χ3n) is 2.95. The van der Waals surface area contributed by atoms with Crippen LogP contribution in [-0.4, -0.2) is 15.7 Å². The third-order valence-corrected chi connectivity index (χ3v) is 4.51. The van der Waals surface area contributed by atoms with Crippen LogP contribution in [0.3, 0.4) is 0 Å². The first-order valence-electron chi connectivity index (χ1n) is 5.49. The van der Waals surface area contributed by atoms with Gasteiger partial charge in [-0.05, 0) is 37.5 Å². The second-order valence-corrected chi connectivity index (χ2v) is 5.95. The van der Waals surface area contributed by atoms with Crippen LogP contribution < -0.4 is 0 Å². The fourth-order valence-corrected chi connectivity index (χ4v) is 3.37. The Kier molecular flexibility index (Phi) is 2.61. The topological polar surface area (TPSA) is 25.8 Å². The van der Waals surface area contributed by atoms with E-state index in [1.807, 2.05) is 17.8 Å². The largest absolute Gasteiger partial charge is 0.236 e. The van der Waals surface area contributed by atoms with Gasteiger partial charge in [0, 0.05) is 11.6 Å². The molecule has 0 amide bonds. The maximum absolute atomic E-state index is 6.04. The van der Waals surface area contributed by atoms with E-state index in [0.717, 1.165) is 11.5 Å². The zero-order valence-electron chi connectivity index (χ0n) is 8.45. The van der Waals surface area contributed by atoms with E-state index in [9.17, 15) is 0 Å². The maximum atomic E-state index is 6.04. The molecule has 0 radical (unpaired) electrons. The maximum Gasteiger partial charge on any atom is 0.143 e. The van der Waals surface area contributed by atoms with Crippen LogP contribution in [0.15, 0.2) is 6.07 Å². The van der Waals surface area contributed by atoms with Crippen LogP contribution in [-0.2, 0) is 0 Å². The number of hydrogen-bond acceptors (Lipinski definition) is 3. The van der Waals surface area contributed by atoms with Crippen LogP contribution >= 0.6 is 23.4 Å². The van der Waals surface area contributed by atoms with Crippen molar-refractivity contribution in [3.63, 3.8) is 0 Å². The molecule has 1 unspecified atom stereocenters. The molecular weight excluding hydrogens is 228 g/mol. The molecule has 0 bridgehead atoms. The Morgan fingerprint density at radius 1 is 1.27 bits per heavy atom. The van der Waals surface area contributed by atoms with E-state index >= 15 is 0 Å². The first-order valence-corrected chi connectivity index (χ1v) is 6.91. The number of thioether (sulfide) groups is 1. The highest BCUT2D eigenvalue weighted by molar-refractivity contribution is 7.99. The van der Waals surface area contributed by atoms with Gasteiger partial charge in [0.15, 0.2) is 0 Å². The predicted octanol–water partition coefficient (Wildman–Crippen LogP) is 3.58. The lowest BCUT2D eigenvalue weighted by atomic mass is 10.2. The van der Waals surface area contributed by atoms with Gasteiger partial charge in [0.2, 0.25) is 0 Å². The molecule has 1 aliphatic carbocycles. The van der Waals surface area contributed by atoms with Crippen molar-refractivity contribution in [3.8, 4) is 0 Å². The van der Waals surface area contributed by atoms with Gasteiger partial charge in [-0.3, -0.25) is 0 Å². The minimum atomic E-state index is 0.487. The molecule has 1 aromatic rings. The van der Waals surface area contributed by atoms with Crippen LogP contribution in [0, 0.1) is 0 Å². The molecule has 80 valence electrons. The monoisotopic (exact) mass is 240 g/mol. The highest BCUT2D eigenvalue weighted by atomic mass is 35.5. The summed E-state index contributed by atoms with van der Waals surface area (Å²) < 4.78 is 0. The molecule has 3 rings (SSSR count). The number of aromatic nitrogens is 2. The van der Waals surface area contributed by atoms with Gasteiger partial charge in [0.05, 0.1) is 5.25 Å². The molecule has 0 spiro atoms. The molecule has 1 aliphatic heterocycles. The van der Waals surface area contributed by atoms with E-state index < -0.39 is 0 Å². The van der Waals surface area contributed by atoms with Crippen molar-refractivity contribution >= 4 is 23.4 Å². The molecule has 1 saturated carbocycles. The predicted molar refractivity (Wildman–Crippen MR) is 63.5 cm³/mol. The van der Waals surface area contributed by atoms with Gasteiger partial charge in [-0.2, -0.15) is 11.8 Å². The molecule has 2 fully saturated rings. The van der Waals surface area contributed by atoms with Crippen molar-refractivity contribution in [1.29, 1.82) is 0 Å². The van der Waals surface area contributed by atoms with Crippen molar-refractivity contribution in [2.45, 2.75) is 36.9 Å². The lowest BCUT2D eigenvalue weighted by molar-refractivity contribution is 0.764. The summed E-state index contributed by atoms with van der Waals surface area (Å²) in [5.74, 6) is 2.86. The number of hydrogen-bond donors (Lipinski definition) is 0. The van der Waals surface area contributed by atoms with Crippen molar-refractivity contribution in [2.24, 2.45) is 0 Å². The highest BCUT2D eigenvalue weighted by Gasteiger charge is 2.28. The van der Waals surface area contributed by atoms with E-state index in [-0.39, 0.29) is 0 Å². The van der Waals surface area contributed by atoms with E-state index in [0.29, 0.717) is 16.3 Å². The van der Waals surface area contributed by atoms with Gasteiger partial charge in [0.25, 0.3) is 0 Å². The minimum absolute atomic E-state index is 0.487. The minimum Gasteiger partial charge on any atom is -0.236 e. The van der Waals surface area contributed by atoms with Crippen LogP contribution in [0.25, 0.3) is 0 Å². The fourth-order valence-electron chi connectivity index (χ4n) is 1.97. The van der Waals surface area contributed by atoms with E-state index in [2.05, 4.69) is 9.97 Å². The first kappa shape index (κ1) is 9.91. The van der Waals surface area contributed by atoms with Crippen molar-refractivity contribution in [3.05, 3.63) is 22.7 Å². The zero-order chi connectivity index (χ0) is 10.3. The summed E-state index contributed by atoms with van der Waals surface area (Å²) in [6, 6.07) is 1.93. The molecule has 2 heterocycles. The Labute approximate surface area is 98.8 Å². The molecule has 0 aromatic carbocycles. The van der Waals surface area contributed by atoms with Crippen LogP contribution in [0.5, 0.6) is 0 Å². The standard InChI is InChI=1S/C11H13ClN2S/c12-10-6-8(7-3-4-7)13-11(14-10)9-2-1-5-15-9/h6-7,9H,1-5H2. The van der Waals surface area contributed by atoms with Crippen LogP contribution in [0.2, 0.25) is 5.15 Å². The van der Waals surface area contributed by atoms with Gasteiger partial charge in [0.1, 0.15) is 11.0 Å². The van der Waals surface area contributed by atoms with Crippen molar-refractivity contribution < 1.29 is 0 Å². The van der Waals surface area contributed by atoms with E-state index in [1.54, 1.807) is 0 Å². The summed E-state index contributed by atoms with van der Waals surface area (Å²) in [5.41, 5.74) is 1.16. The molecule has 0 N–H and O–H groups in total. The van der Waals surface area contributed by atoms with Gasteiger partial charge >= 0.3 is 0 Å². The molecule has 1 aromatic heterocycles. The number of nitrogens with zero attached hydrogens (tertiary/aromatic N) is 2. The summed E-state index contributed by atoms with van der Waals surface area (Å²) in [6.07, 6.45) is 5.02. The summed E-state index contributed by atoms with van der Waals surface area (Å²) in [7, 11) is 0. The Morgan fingerprint density at radius 2 is 2.13 bits per heavy atom. The summed E-state index contributed by atoms with van der Waals surface area (Å²) >= 11 is 8.00. The Hall–Kier alpha value is -0.280. The lowest BCUT2D eigenvalue weighted by Crippen LogP contribution is -2.01. The van der Waals surface area contributed by atoms with E-state index in [4.69, 9.17) is 11.6 Å². The molecule has 1 saturated heterocycles. The fraction of sp³-hybridized carbons (Fsp3) is 0.636. The molecule has 4 heteroatoms. The number of rotatable bonds is 2. The average molecular weight is 241 g/mol. The van der Waals surface area contributed by atoms with Gasteiger partial charge < -0.3 is 0 Å². The molecule has 2 aliphatic rings. The van der Waals surface area contributed by atoms with Gasteiger partial charge in [-0.25, -0.2) is 9.97 Å². The number of halogens is 1. The SMILES string of the molecule is Clc1cc(C2CC2)nc(C2CCCS2)n1. The van der Waals surface area contributed by atoms with Crippen LogP contribution in [0.4, 0.5) is 0 Å². The summed E-state index contributed by atoms with van der Waals surface area (Å²) in [4.78, 5) is 9.02. The van der Waals surface area contributed by atoms with Crippen molar-refractivity contribution in [2.75, 3.05) is 5.75 Å². The Balaban J connectivity index is 1.91. The second kappa shape index (κ2) is 3.95. The summed E-state index contributed by atoms with van der Waals surface area (Å²) in [6.45, 7) is 0. The molecule has 1 atom stereocenters. The Bertz CT molecular complexity index is 373. The summed E-state index contributed by atoms with van der Waals surface area (Å²) in [5, 5.41) is 1.11. The Morgan fingerprint density at radius 3 is 2.80 bits per heavy atom. The smallest absolute Gasteiger partial charge is 0.143 e. The quantitative estimate of drug-likeness (QED) is 0.739. The first-order chi connectivity index (χ1) is 7.33. The van der Waals surface area contributed by atoms with Gasteiger partial charge in [-0.1, -0.05) is 11.6 Å². The normalized spacial score (nSPS) is 25.8. The van der Waals surface area contributed by atoms with Crippen LogP contribution in [0.1, 0.15) is 48.4 Å². The molecule has 2 nitrogen and oxygen atoms in total.